The van der Waals surface area contributed by atoms with Crippen LogP contribution in [0.4, 0.5) is 5.82 Å². The molecule has 1 fully saturated rings. The third kappa shape index (κ3) is 1.58. The summed E-state index contributed by atoms with van der Waals surface area (Å²) in [6.45, 7) is 2.24. The summed E-state index contributed by atoms with van der Waals surface area (Å²) in [5, 5.41) is 10.4. The Hall–Kier alpha value is -1.13. The Balaban J connectivity index is 1.95. The van der Waals surface area contributed by atoms with E-state index in [-0.39, 0.29) is 0 Å². The van der Waals surface area contributed by atoms with E-state index in [0.717, 1.165) is 25.3 Å². The van der Waals surface area contributed by atoms with Crippen molar-refractivity contribution in [2.75, 3.05) is 24.6 Å². The molecule has 1 aromatic carbocycles. The van der Waals surface area contributed by atoms with Crippen molar-refractivity contribution in [3.8, 4) is 0 Å². The van der Waals surface area contributed by atoms with Crippen molar-refractivity contribution in [2.24, 2.45) is 5.92 Å². The van der Waals surface area contributed by atoms with E-state index in [9.17, 15) is 0 Å². The van der Waals surface area contributed by atoms with Gasteiger partial charge in [0, 0.05) is 31.0 Å². The summed E-state index contributed by atoms with van der Waals surface area (Å²) in [4.78, 5) is 2.29. The van der Waals surface area contributed by atoms with Crippen LogP contribution in [0.1, 0.15) is 6.42 Å². The number of rotatable bonds is 2. The van der Waals surface area contributed by atoms with Crippen molar-refractivity contribution >= 4 is 27.4 Å². The molecule has 2 heterocycles. The lowest BCUT2D eigenvalue weighted by molar-refractivity contribution is 0.238. The molecule has 4 heteroatoms. The predicted molar refractivity (Wildman–Crippen MR) is 67.0 cm³/mol. The molecule has 3 rings (SSSR count). The van der Waals surface area contributed by atoms with Crippen molar-refractivity contribution in [3.63, 3.8) is 0 Å². The zero-order chi connectivity index (χ0) is 11.0. The molecule has 1 aliphatic rings. The van der Waals surface area contributed by atoms with Crippen LogP contribution in [-0.4, -0.2) is 29.2 Å². The molecule has 0 radical (unpaired) electrons. The van der Waals surface area contributed by atoms with Gasteiger partial charge in [-0.25, -0.2) is 0 Å². The first-order valence-corrected chi connectivity index (χ1v) is 6.36. The van der Waals surface area contributed by atoms with Crippen molar-refractivity contribution in [1.29, 1.82) is 0 Å². The van der Waals surface area contributed by atoms with Crippen molar-refractivity contribution in [3.05, 3.63) is 24.3 Å². The highest BCUT2D eigenvalue weighted by molar-refractivity contribution is 7.13. The fourth-order valence-electron chi connectivity index (χ4n) is 2.27. The van der Waals surface area contributed by atoms with Crippen LogP contribution in [0.15, 0.2) is 24.3 Å². The van der Waals surface area contributed by atoms with Gasteiger partial charge >= 0.3 is 0 Å². The molecular weight excluding hydrogens is 220 g/mol. The molecule has 0 saturated carbocycles. The van der Waals surface area contributed by atoms with Crippen molar-refractivity contribution in [1.82, 2.24) is 4.37 Å². The van der Waals surface area contributed by atoms with E-state index in [1.165, 1.54) is 10.1 Å². The molecule has 0 amide bonds. The molecular formula is C12H14N2OS. The lowest BCUT2D eigenvalue weighted by Crippen LogP contribution is -2.20. The lowest BCUT2D eigenvalue weighted by atomic mass is 10.1. The van der Waals surface area contributed by atoms with Gasteiger partial charge in [-0.2, -0.15) is 4.37 Å². The molecule has 1 aliphatic heterocycles. The Morgan fingerprint density at radius 3 is 3.12 bits per heavy atom. The number of anilines is 1. The van der Waals surface area contributed by atoms with E-state index in [0.29, 0.717) is 12.5 Å². The Kier molecular flexibility index (Phi) is 2.53. The van der Waals surface area contributed by atoms with Crippen LogP contribution >= 0.6 is 11.5 Å². The summed E-state index contributed by atoms with van der Waals surface area (Å²) in [5.41, 5.74) is 0. The van der Waals surface area contributed by atoms with Gasteiger partial charge in [0.2, 0.25) is 0 Å². The fourth-order valence-corrected chi connectivity index (χ4v) is 3.07. The Morgan fingerprint density at radius 1 is 1.44 bits per heavy atom. The summed E-state index contributed by atoms with van der Waals surface area (Å²) < 4.78 is 5.77. The number of fused-ring (bicyclic) bond motifs is 1. The molecule has 1 unspecified atom stereocenters. The topological polar surface area (TPSA) is 36.4 Å². The summed E-state index contributed by atoms with van der Waals surface area (Å²) >= 11 is 1.56. The number of hydrogen-bond donors (Lipinski definition) is 1. The average Bonchev–Trinajstić information content (AvgIpc) is 2.94. The van der Waals surface area contributed by atoms with Crippen LogP contribution < -0.4 is 4.90 Å². The summed E-state index contributed by atoms with van der Waals surface area (Å²) in [5.74, 6) is 1.51. The summed E-state index contributed by atoms with van der Waals surface area (Å²) in [7, 11) is 0. The molecule has 16 heavy (non-hydrogen) atoms. The monoisotopic (exact) mass is 234 g/mol. The first-order chi connectivity index (χ1) is 7.88. The van der Waals surface area contributed by atoms with Crippen LogP contribution in [0.2, 0.25) is 0 Å². The van der Waals surface area contributed by atoms with Crippen molar-refractivity contribution < 1.29 is 5.11 Å². The fraction of sp³-hybridized carbons (Fsp3) is 0.417. The Morgan fingerprint density at radius 2 is 2.31 bits per heavy atom. The maximum absolute atomic E-state index is 9.15. The normalized spacial score (nSPS) is 20.8. The molecule has 1 atom stereocenters. The molecule has 1 saturated heterocycles. The number of benzene rings is 1. The number of aliphatic hydroxyl groups excluding tert-OH is 1. The molecule has 0 spiro atoms. The molecule has 1 N–H and O–H groups in total. The van der Waals surface area contributed by atoms with E-state index in [1.54, 1.807) is 11.5 Å². The van der Waals surface area contributed by atoms with Crippen LogP contribution in [0.3, 0.4) is 0 Å². The van der Waals surface area contributed by atoms with Gasteiger partial charge in [-0.1, -0.05) is 12.1 Å². The summed E-state index contributed by atoms with van der Waals surface area (Å²) in [6.07, 6.45) is 1.07. The van der Waals surface area contributed by atoms with Gasteiger partial charge in [-0.3, -0.25) is 0 Å². The highest BCUT2D eigenvalue weighted by Crippen LogP contribution is 2.32. The summed E-state index contributed by atoms with van der Waals surface area (Å²) in [6, 6.07) is 8.33. The standard InChI is InChI=1S/C12H14N2OS/c15-8-9-5-6-14(7-9)12-10-3-1-2-4-11(10)16-13-12/h1-4,9,15H,5-8H2. The van der Waals surface area contributed by atoms with Gasteiger partial charge < -0.3 is 10.0 Å². The van der Waals surface area contributed by atoms with Gasteiger partial charge in [0.15, 0.2) is 0 Å². The second-order valence-corrected chi connectivity index (χ2v) is 5.09. The largest absolute Gasteiger partial charge is 0.396 e. The third-order valence-corrected chi connectivity index (χ3v) is 4.02. The van der Waals surface area contributed by atoms with Crippen molar-refractivity contribution in [2.45, 2.75) is 6.42 Å². The van der Waals surface area contributed by atoms with Crippen LogP contribution in [0.5, 0.6) is 0 Å². The van der Waals surface area contributed by atoms with Crippen LogP contribution in [0.25, 0.3) is 10.1 Å². The smallest absolute Gasteiger partial charge is 0.150 e. The van der Waals surface area contributed by atoms with Gasteiger partial charge in [-0.05, 0) is 30.1 Å². The number of hydrogen-bond acceptors (Lipinski definition) is 4. The third-order valence-electron chi connectivity index (χ3n) is 3.20. The van der Waals surface area contributed by atoms with E-state index in [2.05, 4.69) is 27.5 Å². The van der Waals surface area contributed by atoms with E-state index in [1.807, 2.05) is 6.07 Å². The first-order valence-electron chi connectivity index (χ1n) is 5.58. The zero-order valence-corrected chi connectivity index (χ0v) is 9.78. The Bertz CT molecular complexity index is 496. The molecule has 0 bridgehead atoms. The molecule has 84 valence electrons. The number of aromatic nitrogens is 1. The minimum absolute atomic E-state index is 0.290. The van der Waals surface area contributed by atoms with E-state index in [4.69, 9.17) is 5.11 Å². The van der Waals surface area contributed by atoms with Gasteiger partial charge in [-0.15, -0.1) is 0 Å². The van der Waals surface area contributed by atoms with Crippen LogP contribution in [0, 0.1) is 5.92 Å². The van der Waals surface area contributed by atoms with E-state index >= 15 is 0 Å². The van der Waals surface area contributed by atoms with Gasteiger partial charge in [0.25, 0.3) is 0 Å². The van der Waals surface area contributed by atoms with Gasteiger partial charge in [0.1, 0.15) is 5.82 Å². The van der Waals surface area contributed by atoms with Gasteiger partial charge in [0.05, 0.1) is 4.70 Å². The number of nitrogens with zero attached hydrogens (tertiary/aromatic N) is 2. The molecule has 3 nitrogen and oxygen atoms in total. The first kappa shape index (κ1) is 10.1. The highest BCUT2D eigenvalue weighted by atomic mass is 32.1. The second kappa shape index (κ2) is 4.03. The lowest BCUT2D eigenvalue weighted by Gasteiger charge is -2.15. The van der Waals surface area contributed by atoms with Crippen LogP contribution in [-0.2, 0) is 0 Å². The maximum Gasteiger partial charge on any atom is 0.150 e. The Labute approximate surface area is 98.5 Å². The number of aliphatic hydroxyl groups is 1. The SMILES string of the molecule is OCC1CCN(c2nsc3ccccc23)C1. The molecule has 0 aliphatic carbocycles. The minimum atomic E-state index is 0.290. The molecule has 1 aromatic heterocycles. The zero-order valence-electron chi connectivity index (χ0n) is 8.97. The highest BCUT2D eigenvalue weighted by Gasteiger charge is 2.24. The molecule has 2 aromatic rings. The minimum Gasteiger partial charge on any atom is -0.396 e. The average molecular weight is 234 g/mol. The predicted octanol–water partition coefficient (Wildman–Crippen LogP) is 2.11. The van der Waals surface area contributed by atoms with E-state index < -0.39 is 0 Å². The second-order valence-electron chi connectivity index (χ2n) is 4.29. The maximum atomic E-state index is 9.15. The quantitative estimate of drug-likeness (QED) is 0.864.